The van der Waals surface area contributed by atoms with Gasteiger partial charge in [-0.1, -0.05) is 11.6 Å². The molecule has 0 fully saturated rings. The maximum atomic E-state index is 12.6. The number of nitrogen functional groups attached to an aromatic ring is 1. The first-order valence-corrected chi connectivity index (χ1v) is 5.92. The van der Waals surface area contributed by atoms with Crippen molar-refractivity contribution in [2.45, 2.75) is 13.1 Å². The van der Waals surface area contributed by atoms with Gasteiger partial charge in [-0.05, 0) is 30.7 Å². The summed E-state index contributed by atoms with van der Waals surface area (Å²) in [4.78, 5) is 3.23. The van der Waals surface area contributed by atoms with Crippen LogP contribution in [0.15, 0.2) is 30.5 Å². The highest BCUT2D eigenvalue weighted by molar-refractivity contribution is 6.31. The molecule has 106 valence electrons. The fraction of sp³-hybridized carbons (Fsp3) is 0.154. The molecule has 0 radical (unpaired) electrons. The van der Waals surface area contributed by atoms with E-state index in [2.05, 4.69) is 4.98 Å². The van der Waals surface area contributed by atoms with Crippen LogP contribution >= 0.6 is 11.6 Å². The molecule has 7 heteroatoms. The smallest absolute Gasteiger partial charge is 0.433 e. The van der Waals surface area contributed by atoms with Crippen LogP contribution < -0.4 is 10.5 Å². The summed E-state index contributed by atoms with van der Waals surface area (Å²) in [6, 6.07) is 5.51. The fourth-order valence-corrected chi connectivity index (χ4v) is 1.62. The van der Waals surface area contributed by atoms with Gasteiger partial charge in [0.05, 0.1) is 11.9 Å². The summed E-state index contributed by atoms with van der Waals surface area (Å²) in [5.41, 5.74) is 5.27. The van der Waals surface area contributed by atoms with Crippen molar-refractivity contribution in [3.05, 3.63) is 46.7 Å². The highest BCUT2D eigenvalue weighted by atomic mass is 35.5. The Morgan fingerprint density at radius 3 is 2.55 bits per heavy atom. The van der Waals surface area contributed by atoms with E-state index in [9.17, 15) is 13.2 Å². The van der Waals surface area contributed by atoms with Crippen molar-refractivity contribution < 1.29 is 17.9 Å². The Labute approximate surface area is 118 Å². The minimum Gasteiger partial charge on any atom is -0.455 e. The second-order valence-electron chi connectivity index (χ2n) is 4.12. The molecule has 0 atom stereocenters. The maximum absolute atomic E-state index is 12.6. The first-order valence-electron chi connectivity index (χ1n) is 5.54. The Kier molecular flexibility index (Phi) is 3.76. The van der Waals surface area contributed by atoms with Crippen LogP contribution in [0.5, 0.6) is 11.5 Å². The number of halogens is 4. The second kappa shape index (κ2) is 5.20. The molecule has 0 amide bonds. The average Bonchev–Trinajstić information content (AvgIpc) is 2.35. The number of nitrogens with zero attached hydrogens (tertiary/aromatic N) is 1. The summed E-state index contributed by atoms with van der Waals surface area (Å²) in [6.45, 7) is 1.76. The second-order valence-corrected chi connectivity index (χ2v) is 4.53. The van der Waals surface area contributed by atoms with Crippen LogP contribution in [-0.4, -0.2) is 4.98 Å². The number of anilines is 1. The molecule has 0 saturated carbocycles. The van der Waals surface area contributed by atoms with Crippen molar-refractivity contribution in [2.24, 2.45) is 0 Å². The maximum Gasteiger partial charge on any atom is 0.433 e. The first kappa shape index (κ1) is 14.5. The molecule has 2 N–H and O–H groups in total. The lowest BCUT2D eigenvalue weighted by Crippen LogP contribution is -2.08. The molecule has 0 aliphatic rings. The molecule has 0 spiro atoms. The standard InChI is InChI=1S/C13H10ClF3N2O/c1-7-4-8(2-3-9(7)14)20-11-5-12(13(15,16)17)19-6-10(11)18/h2-6H,18H2,1H3. The Morgan fingerprint density at radius 1 is 1.25 bits per heavy atom. The van der Waals surface area contributed by atoms with Crippen LogP contribution in [-0.2, 0) is 6.18 Å². The number of pyridine rings is 1. The minimum absolute atomic E-state index is 0.0191. The highest BCUT2D eigenvalue weighted by Crippen LogP contribution is 2.34. The van der Waals surface area contributed by atoms with E-state index in [0.29, 0.717) is 10.8 Å². The number of hydrogen-bond acceptors (Lipinski definition) is 3. The number of aromatic nitrogens is 1. The number of hydrogen-bond donors (Lipinski definition) is 1. The number of ether oxygens (including phenoxy) is 1. The van der Waals surface area contributed by atoms with Gasteiger partial charge in [-0.3, -0.25) is 0 Å². The van der Waals surface area contributed by atoms with E-state index in [-0.39, 0.29) is 11.4 Å². The molecule has 2 rings (SSSR count). The van der Waals surface area contributed by atoms with Crippen LogP contribution in [0, 0.1) is 6.92 Å². The summed E-state index contributed by atoms with van der Waals surface area (Å²) < 4.78 is 43.1. The molecule has 0 saturated heterocycles. The van der Waals surface area contributed by atoms with Crippen LogP contribution in [0.2, 0.25) is 5.02 Å². The third-order valence-electron chi connectivity index (χ3n) is 2.54. The van der Waals surface area contributed by atoms with Gasteiger partial charge in [0.2, 0.25) is 0 Å². The summed E-state index contributed by atoms with van der Waals surface area (Å²) in [6.07, 6.45) is -3.64. The third kappa shape index (κ3) is 3.14. The fourth-order valence-electron chi connectivity index (χ4n) is 1.50. The minimum atomic E-state index is -4.55. The van der Waals surface area contributed by atoms with Gasteiger partial charge in [0.1, 0.15) is 11.4 Å². The molecular weight excluding hydrogens is 293 g/mol. The summed E-state index contributed by atoms with van der Waals surface area (Å²) >= 11 is 5.86. The quantitative estimate of drug-likeness (QED) is 0.892. The molecule has 0 aliphatic heterocycles. The number of nitrogens with two attached hydrogens (primary N) is 1. The van der Waals surface area contributed by atoms with Crippen molar-refractivity contribution in [2.75, 3.05) is 5.73 Å². The van der Waals surface area contributed by atoms with Crippen molar-refractivity contribution in [3.63, 3.8) is 0 Å². The van der Waals surface area contributed by atoms with E-state index < -0.39 is 11.9 Å². The third-order valence-corrected chi connectivity index (χ3v) is 2.97. The van der Waals surface area contributed by atoms with Gasteiger partial charge in [0, 0.05) is 11.1 Å². The van der Waals surface area contributed by atoms with Crippen LogP contribution in [0.4, 0.5) is 18.9 Å². The van der Waals surface area contributed by atoms with Gasteiger partial charge in [-0.25, -0.2) is 4.98 Å². The Balaban J connectivity index is 2.35. The molecule has 1 heterocycles. The first-order chi connectivity index (χ1) is 9.27. The molecule has 3 nitrogen and oxygen atoms in total. The molecule has 20 heavy (non-hydrogen) atoms. The molecule has 2 aromatic rings. The predicted octanol–water partition coefficient (Wildman–Crippen LogP) is 4.44. The SMILES string of the molecule is Cc1cc(Oc2cc(C(F)(F)F)ncc2N)ccc1Cl. The lowest BCUT2D eigenvalue weighted by Gasteiger charge is -2.12. The lowest BCUT2D eigenvalue weighted by molar-refractivity contribution is -0.141. The zero-order chi connectivity index (χ0) is 14.9. The predicted molar refractivity (Wildman–Crippen MR) is 69.9 cm³/mol. The van der Waals surface area contributed by atoms with Crippen LogP contribution in [0.3, 0.4) is 0 Å². The number of benzene rings is 1. The van der Waals surface area contributed by atoms with Crippen LogP contribution in [0.1, 0.15) is 11.3 Å². The van der Waals surface area contributed by atoms with Crippen molar-refractivity contribution in [1.82, 2.24) is 4.98 Å². The molecular formula is C13H10ClF3N2O. The van der Waals surface area contributed by atoms with Crippen LogP contribution in [0.25, 0.3) is 0 Å². The van der Waals surface area contributed by atoms with E-state index in [1.54, 1.807) is 25.1 Å². The monoisotopic (exact) mass is 302 g/mol. The van der Waals surface area contributed by atoms with Gasteiger partial charge >= 0.3 is 6.18 Å². The molecule has 0 unspecified atom stereocenters. The zero-order valence-corrected chi connectivity index (χ0v) is 11.1. The van der Waals surface area contributed by atoms with E-state index in [0.717, 1.165) is 17.8 Å². The van der Waals surface area contributed by atoms with Gasteiger partial charge < -0.3 is 10.5 Å². The molecule has 1 aromatic carbocycles. The lowest BCUT2D eigenvalue weighted by atomic mass is 10.2. The largest absolute Gasteiger partial charge is 0.455 e. The Hall–Kier alpha value is -1.95. The summed E-state index contributed by atoms with van der Waals surface area (Å²) in [7, 11) is 0. The van der Waals surface area contributed by atoms with E-state index in [4.69, 9.17) is 22.1 Å². The Bertz CT molecular complexity index is 644. The van der Waals surface area contributed by atoms with E-state index in [1.807, 2.05) is 0 Å². The molecule has 0 bridgehead atoms. The van der Waals surface area contributed by atoms with Crippen molar-refractivity contribution in [3.8, 4) is 11.5 Å². The van der Waals surface area contributed by atoms with E-state index >= 15 is 0 Å². The van der Waals surface area contributed by atoms with Crippen molar-refractivity contribution in [1.29, 1.82) is 0 Å². The van der Waals surface area contributed by atoms with Gasteiger partial charge in [-0.2, -0.15) is 13.2 Å². The van der Waals surface area contributed by atoms with Gasteiger partial charge in [0.15, 0.2) is 5.75 Å². The average molecular weight is 303 g/mol. The topological polar surface area (TPSA) is 48.1 Å². The zero-order valence-electron chi connectivity index (χ0n) is 10.3. The number of rotatable bonds is 2. The highest BCUT2D eigenvalue weighted by Gasteiger charge is 2.33. The van der Waals surface area contributed by atoms with Gasteiger partial charge in [0.25, 0.3) is 0 Å². The van der Waals surface area contributed by atoms with E-state index in [1.165, 1.54) is 0 Å². The normalized spacial score (nSPS) is 11.4. The Morgan fingerprint density at radius 2 is 1.95 bits per heavy atom. The molecule has 1 aromatic heterocycles. The number of aryl methyl sites for hydroxylation is 1. The molecule has 0 aliphatic carbocycles. The van der Waals surface area contributed by atoms with Crippen molar-refractivity contribution >= 4 is 17.3 Å². The number of alkyl halides is 3. The summed E-state index contributed by atoms with van der Waals surface area (Å²) in [5, 5.41) is 0.538. The van der Waals surface area contributed by atoms with Gasteiger partial charge in [-0.15, -0.1) is 0 Å². The summed E-state index contributed by atoms with van der Waals surface area (Å²) in [5.74, 6) is 0.243.